The molecule has 0 heterocycles. The van der Waals surface area contributed by atoms with Crippen LogP contribution in [-0.2, 0) is 14.8 Å². The van der Waals surface area contributed by atoms with Crippen molar-refractivity contribution in [3.63, 3.8) is 0 Å². The minimum atomic E-state index is -4.18. The maximum absolute atomic E-state index is 14.5. The molecule has 0 aliphatic rings. The van der Waals surface area contributed by atoms with Gasteiger partial charge in [-0.3, -0.25) is 9.10 Å². The normalized spacial score (nSPS) is 12.1. The molecule has 8 heteroatoms. The van der Waals surface area contributed by atoms with Crippen molar-refractivity contribution in [1.29, 1.82) is 0 Å². The van der Waals surface area contributed by atoms with E-state index in [4.69, 9.17) is 4.74 Å². The van der Waals surface area contributed by atoms with E-state index in [9.17, 15) is 17.6 Å². The lowest BCUT2D eigenvalue weighted by molar-refractivity contribution is -0.120. The highest BCUT2D eigenvalue weighted by atomic mass is 32.2. The summed E-state index contributed by atoms with van der Waals surface area (Å²) in [6.07, 6.45) is 0. The highest BCUT2D eigenvalue weighted by Crippen LogP contribution is 2.26. The van der Waals surface area contributed by atoms with Gasteiger partial charge in [-0.1, -0.05) is 47.5 Å². The van der Waals surface area contributed by atoms with E-state index in [0.717, 1.165) is 21.5 Å². The molecule has 0 saturated carbocycles. The van der Waals surface area contributed by atoms with Crippen LogP contribution in [0.2, 0.25) is 0 Å². The monoisotopic (exact) mass is 470 g/mol. The first-order valence-corrected chi connectivity index (χ1v) is 11.9. The first-order valence-electron chi connectivity index (χ1n) is 10.5. The van der Waals surface area contributed by atoms with Gasteiger partial charge in [-0.2, -0.15) is 0 Å². The summed E-state index contributed by atoms with van der Waals surface area (Å²) in [7, 11) is -4.18. The van der Waals surface area contributed by atoms with Crippen LogP contribution in [0.3, 0.4) is 0 Å². The number of para-hydroxylation sites is 1. The molecule has 174 valence electrons. The van der Waals surface area contributed by atoms with Crippen LogP contribution in [0.1, 0.15) is 18.1 Å². The van der Waals surface area contributed by atoms with Gasteiger partial charge in [-0.15, -0.1) is 0 Å². The maximum atomic E-state index is 14.5. The van der Waals surface area contributed by atoms with E-state index in [2.05, 4.69) is 5.32 Å². The Morgan fingerprint density at radius 2 is 1.55 bits per heavy atom. The van der Waals surface area contributed by atoms with Gasteiger partial charge in [0.1, 0.15) is 24.7 Å². The third-order valence-electron chi connectivity index (χ3n) is 4.95. The second-order valence-electron chi connectivity index (χ2n) is 7.87. The Bertz CT molecular complexity index is 1200. The number of carbonyl (C=O) groups excluding carboxylic acids is 1. The largest absolute Gasteiger partial charge is 0.491 e. The second-order valence-corrected chi connectivity index (χ2v) is 9.73. The lowest BCUT2D eigenvalue weighted by Crippen LogP contribution is -2.45. The van der Waals surface area contributed by atoms with Crippen LogP contribution >= 0.6 is 0 Å². The molecule has 1 N–H and O–H groups in total. The predicted molar refractivity (Wildman–Crippen MR) is 126 cm³/mol. The zero-order valence-electron chi connectivity index (χ0n) is 18.8. The number of aryl methyl sites for hydroxylation is 2. The van der Waals surface area contributed by atoms with Gasteiger partial charge in [0.15, 0.2) is 0 Å². The van der Waals surface area contributed by atoms with Gasteiger partial charge < -0.3 is 10.1 Å². The van der Waals surface area contributed by atoms with E-state index in [0.29, 0.717) is 5.75 Å². The smallest absolute Gasteiger partial charge is 0.264 e. The van der Waals surface area contributed by atoms with Gasteiger partial charge in [0.25, 0.3) is 10.0 Å². The molecule has 1 amide bonds. The Morgan fingerprint density at radius 3 is 2.15 bits per heavy atom. The van der Waals surface area contributed by atoms with E-state index in [1.165, 1.54) is 30.3 Å². The molecule has 0 fully saturated rings. The number of halogens is 1. The fourth-order valence-electron chi connectivity index (χ4n) is 3.14. The molecule has 0 bridgehead atoms. The third kappa shape index (κ3) is 6.32. The number of anilines is 1. The molecular formula is C25H27FN2O4S. The zero-order chi connectivity index (χ0) is 24.0. The Balaban J connectivity index is 1.75. The average Bonchev–Trinajstić information content (AvgIpc) is 2.78. The Hall–Kier alpha value is -3.39. The summed E-state index contributed by atoms with van der Waals surface area (Å²) in [6, 6.07) is 18.7. The second kappa shape index (κ2) is 10.5. The van der Waals surface area contributed by atoms with Gasteiger partial charge in [0.05, 0.1) is 16.6 Å². The van der Waals surface area contributed by atoms with Crippen LogP contribution in [0.4, 0.5) is 10.1 Å². The van der Waals surface area contributed by atoms with Crippen LogP contribution in [0.5, 0.6) is 5.75 Å². The van der Waals surface area contributed by atoms with Gasteiger partial charge >= 0.3 is 0 Å². The van der Waals surface area contributed by atoms with Gasteiger partial charge in [0.2, 0.25) is 5.91 Å². The molecule has 0 saturated heterocycles. The first kappa shape index (κ1) is 24.3. The number of nitrogens with one attached hydrogen (secondary N) is 1. The molecule has 0 aromatic heterocycles. The van der Waals surface area contributed by atoms with E-state index in [-0.39, 0.29) is 17.2 Å². The van der Waals surface area contributed by atoms with E-state index in [1.54, 1.807) is 19.1 Å². The van der Waals surface area contributed by atoms with Gasteiger partial charge in [-0.05, 0) is 57.2 Å². The van der Waals surface area contributed by atoms with Crippen molar-refractivity contribution in [2.45, 2.75) is 31.7 Å². The first-order chi connectivity index (χ1) is 15.7. The van der Waals surface area contributed by atoms with E-state index >= 15 is 0 Å². The molecule has 6 nitrogen and oxygen atoms in total. The lowest BCUT2D eigenvalue weighted by Gasteiger charge is -2.25. The Kier molecular flexibility index (Phi) is 7.71. The number of benzene rings is 3. The van der Waals surface area contributed by atoms with Crippen LogP contribution in [0, 0.1) is 19.7 Å². The van der Waals surface area contributed by atoms with Crippen molar-refractivity contribution in [3.05, 3.63) is 89.7 Å². The minimum Gasteiger partial charge on any atom is -0.491 e. The lowest BCUT2D eigenvalue weighted by atomic mass is 10.2. The Labute approximate surface area is 194 Å². The average molecular weight is 471 g/mol. The summed E-state index contributed by atoms with van der Waals surface area (Å²) in [5.74, 6) is -0.651. The van der Waals surface area contributed by atoms with Crippen molar-refractivity contribution < 1.29 is 22.3 Å². The molecule has 33 heavy (non-hydrogen) atoms. The number of ether oxygens (including phenoxy) is 1. The van der Waals surface area contributed by atoms with Gasteiger partial charge in [0, 0.05) is 0 Å². The molecule has 0 aliphatic heterocycles. The fraction of sp³-hybridized carbons (Fsp3) is 0.240. The van der Waals surface area contributed by atoms with E-state index in [1.807, 2.05) is 38.1 Å². The molecule has 3 rings (SSSR count). The summed E-state index contributed by atoms with van der Waals surface area (Å²) in [5, 5.41) is 2.72. The molecule has 0 aliphatic carbocycles. The fourth-order valence-corrected chi connectivity index (χ4v) is 4.57. The molecule has 0 spiro atoms. The predicted octanol–water partition coefficient (Wildman–Crippen LogP) is 4.22. The Morgan fingerprint density at radius 1 is 0.970 bits per heavy atom. The standard InChI is InChI=1S/C25H27FN2O4S/c1-18-8-12-21(13-9-18)32-17-20(3)27-25(29)16-28(24-7-5-4-6-23(24)26)33(30,31)22-14-10-19(2)11-15-22/h4-15,20H,16-17H2,1-3H3,(H,27,29). The maximum Gasteiger partial charge on any atom is 0.264 e. The van der Waals surface area contributed by atoms with Crippen LogP contribution in [0.15, 0.2) is 77.7 Å². The highest BCUT2D eigenvalue weighted by Gasteiger charge is 2.29. The van der Waals surface area contributed by atoms with E-state index < -0.39 is 34.3 Å². The number of carbonyl (C=O) groups is 1. The van der Waals surface area contributed by atoms with Gasteiger partial charge in [-0.25, -0.2) is 12.8 Å². The summed E-state index contributed by atoms with van der Waals surface area (Å²) in [6.45, 7) is 5.16. The van der Waals surface area contributed by atoms with Crippen molar-refractivity contribution in [2.24, 2.45) is 0 Å². The number of rotatable bonds is 9. The van der Waals surface area contributed by atoms with Crippen molar-refractivity contribution in [1.82, 2.24) is 5.32 Å². The van der Waals surface area contributed by atoms with Crippen molar-refractivity contribution in [2.75, 3.05) is 17.5 Å². The van der Waals surface area contributed by atoms with Crippen molar-refractivity contribution in [3.8, 4) is 5.75 Å². The summed E-state index contributed by atoms with van der Waals surface area (Å²) in [4.78, 5) is 12.7. The summed E-state index contributed by atoms with van der Waals surface area (Å²) in [5.41, 5.74) is 1.79. The SMILES string of the molecule is Cc1ccc(OCC(C)NC(=O)CN(c2ccccc2F)S(=O)(=O)c2ccc(C)cc2)cc1. The minimum absolute atomic E-state index is 0.0279. The van der Waals surface area contributed by atoms with Crippen molar-refractivity contribution >= 4 is 21.6 Å². The number of nitrogens with zero attached hydrogens (tertiary/aromatic N) is 1. The molecule has 1 unspecified atom stereocenters. The molecule has 3 aromatic rings. The quantitative estimate of drug-likeness (QED) is 0.508. The number of sulfonamides is 1. The summed E-state index contributed by atoms with van der Waals surface area (Å²) >= 11 is 0. The number of hydrogen-bond acceptors (Lipinski definition) is 4. The topological polar surface area (TPSA) is 75.7 Å². The van der Waals surface area contributed by atoms with Crippen LogP contribution < -0.4 is 14.4 Å². The number of hydrogen-bond donors (Lipinski definition) is 1. The molecule has 3 aromatic carbocycles. The number of amides is 1. The van der Waals surface area contributed by atoms with Crippen LogP contribution in [0.25, 0.3) is 0 Å². The third-order valence-corrected chi connectivity index (χ3v) is 6.72. The zero-order valence-corrected chi connectivity index (χ0v) is 19.6. The molecule has 0 radical (unpaired) electrons. The molecule has 1 atom stereocenters. The summed E-state index contributed by atoms with van der Waals surface area (Å²) < 4.78 is 47.6. The highest BCUT2D eigenvalue weighted by molar-refractivity contribution is 7.92. The molecular weight excluding hydrogens is 443 g/mol. The van der Waals surface area contributed by atoms with Crippen LogP contribution in [-0.4, -0.2) is 33.5 Å².